The van der Waals surface area contributed by atoms with E-state index in [-0.39, 0.29) is 23.1 Å². The minimum absolute atomic E-state index is 0.114. The number of carbonyl (C=O) groups is 2. The number of aromatic hydroxyl groups is 1. The number of H-pyrrole nitrogens is 2. The molecule has 38 heavy (non-hydrogen) atoms. The summed E-state index contributed by atoms with van der Waals surface area (Å²) < 4.78 is 10.7. The maximum atomic E-state index is 12.7. The number of aryl methyl sites for hydroxylation is 1. The van der Waals surface area contributed by atoms with Crippen molar-refractivity contribution >= 4 is 34.4 Å². The smallest absolute Gasteiger partial charge is 0.328 e. The Morgan fingerprint density at radius 3 is 2.50 bits per heavy atom. The highest BCUT2D eigenvalue weighted by molar-refractivity contribution is 8.15. The van der Waals surface area contributed by atoms with Crippen molar-refractivity contribution in [2.45, 2.75) is 24.6 Å². The van der Waals surface area contributed by atoms with Crippen LogP contribution in [0.2, 0.25) is 0 Å². The van der Waals surface area contributed by atoms with Crippen molar-refractivity contribution in [3.8, 4) is 17.4 Å². The van der Waals surface area contributed by atoms with Crippen molar-refractivity contribution < 1.29 is 24.2 Å². The van der Waals surface area contributed by atoms with Crippen LogP contribution < -0.4 is 31.4 Å². The first kappa shape index (κ1) is 26.5. The highest BCUT2D eigenvalue weighted by Gasteiger charge is 2.34. The number of rotatable bonds is 8. The minimum Gasteiger partial charge on any atom is -0.497 e. The minimum atomic E-state index is -1.22. The van der Waals surface area contributed by atoms with Crippen LogP contribution in [0.3, 0.4) is 0 Å². The van der Waals surface area contributed by atoms with Crippen molar-refractivity contribution in [1.29, 1.82) is 0 Å². The molecule has 12 nitrogen and oxygen atoms in total. The number of amidine groups is 1. The number of benzene rings is 2. The molecular weight excluding hydrogens is 514 g/mol. The highest BCUT2D eigenvalue weighted by atomic mass is 32.2. The maximum absolute atomic E-state index is 12.7. The molecule has 0 spiro atoms. The van der Waals surface area contributed by atoms with Crippen LogP contribution in [-0.2, 0) is 9.59 Å². The number of carbonyl (C=O) groups excluding carboxylic acids is 2. The number of amides is 2. The molecule has 5 N–H and O–H groups in total. The summed E-state index contributed by atoms with van der Waals surface area (Å²) in [6.45, 7) is 1.93. The molecule has 3 aromatic rings. The molecule has 0 bridgehead atoms. The van der Waals surface area contributed by atoms with Gasteiger partial charge in [0.25, 0.3) is 5.56 Å². The van der Waals surface area contributed by atoms with Gasteiger partial charge in [-0.05, 0) is 37.3 Å². The fourth-order valence-corrected chi connectivity index (χ4v) is 4.81. The molecule has 13 heteroatoms. The molecule has 1 aliphatic rings. The lowest BCUT2D eigenvalue weighted by molar-refractivity contribution is -0.122. The summed E-state index contributed by atoms with van der Waals surface area (Å²) in [6, 6.07) is 10.8. The zero-order chi connectivity index (χ0) is 27.4. The highest BCUT2D eigenvalue weighted by Crippen LogP contribution is 2.38. The van der Waals surface area contributed by atoms with Crippen molar-refractivity contribution in [2.24, 2.45) is 4.99 Å². The molecule has 2 atom stereocenters. The van der Waals surface area contributed by atoms with E-state index in [2.05, 4.69) is 25.6 Å². The third-order valence-corrected chi connectivity index (χ3v) is 6.79. The monoisotopic (exact) mass is 539 g/mol. The summed E-state index contributed by atoms with van der Waals surface area (Å²) in [4.78, 5) is 58.4. The molecule has 1 aromatic heterocycles. The van der Waals surface area contributed by atoms with Crippen LogP contribution in [0.4, 0.5) is 5.69 Å². The van der Waals surface area contributed by atoms with Gasteiger partial charge in [0, 0.05) is 17.7 Å². The number of aromatic amines is 2. The van der Waals surface area contributed by atoms with Gasteiger partial charge in [0.1, 0.15) is 28.4 Å². The Kier molecular flexibility index (Phi) is 7.86. The second-order valence-corrected chi connectivity index (χ2v) is 9.52. The molecule has 4 rings (SSSR count). The van der Waals surface area contributed by atoms with Crippen LogP contribution in [-0.4, -0.2) is 51.5 Å². The molecule has 0 saturated carbocycles. The SMILES string of the molecule is COc1ccc(OC)c(C(N=C2NC(=O)C(CC(=O)Nc3ccc(C)cc3)S2)c2c(O)[nH]c(=O)[nH]c2=O)c1. The Morgan fingerprint density at radius 1 is 1.11 bits per heavy atom. The topological polar surface area (TPSA) is 175 Å². The van der Waals surface area contributed by atoms with Gasteiger partial charge in [0.2, 0.25) is 17.7 Å². The van der Waals surface area contributed by atoms with Crippen LogP contribution in [0.1, 0.15) is 29.2 Å². The summed E-state index contributed by atoms with van der Waals surface area (Å²) in [5.41, 5.74) is -0.0843. The van der Waals surface area contributed by atoms with E-state index in [0.717, 1.165) is 17.3 Å². The van der Waals surface area contributed by atoms with Gasteiger partial charge in [-0.25, -0.2) is 9.79 Å². The first-order valence-electron chi connectivity index (χ1n) is 11.4. The molecule has 1 fully saturated rings. The number of aliphatic imine (C=N–C) groups is 1. The van der Waals surface area contributed by atoms with Crippen molar-refractivity contribution in [3.05, 3.63) is 80.0 Å². The van der Waals surface area contributed by atoms with E-state index < -0.39 is 34.3 Å². The largest absolute Gasteiger partial charge is 0.497 e. The Bertz CT molecular complexity index is 1510. The average molecular weight is 540 g/mol. The third-order valence-electron chi connectivity index (χ3n) is 5.69. The Balaban J connectivity index is 1.66. The van der Waals surface area contributed by atoms with Crippen molar-refractivity contribution in [2.75, 3.05) is 19.5 Å². The zero-order valence-electron chi connectivity index (χ0n) is 20.7. The van der Waals surface area contributed by atoms with E-state index in [1.54, 1.807) is 30.3 Å². The summed E-state index contributed by atoms with van der Waals surface area (Å²) in [6.07, 6.45) is -0.124. The molecule has 2 aromatic carbocycles. The van der Waals surface area contributed by atoms with Crippen LogP contribution in [0.15, 0.2) is 57.0 Å². The van der Waals surface area contributed by atoms with Crippen LogP contribution in [0.5, 0.6) is 17.4 Å². The number of ether oxygens (including phenoxy) is 2. The molecule has 2 amide bonds. The average Bonchev–Trinajstić information content (AvgIpc) is 3.21. The number of thioether (sulfide) groups is 1. The van der Waals surface area contributed by atoms with E-state index in [1.807, 2.05) is 19.1 Å². The number of methoxy groups -OCH3 is 2. The molecule has 2 heterocycles. The number of nitrogens with zero attached hydrogens (tertiary/aromatic N) is 1. The standard InChI is InChI=1S/C25H25N5O7S/c1-12-4-6-13(7-5-12)26-18(31)11-17-21(32)30-25(38-17)27-20(19-22(33)28-24(35)29-23(19)34)15-10-14(36-2)8-9-16(15)37-3/h4-10,17,20H,11H2,1-3H3,(H,26,31)(H,27,30,32)(H3,28,29,33,34,35). The quantitative estimate of drug-likeness (QED) is 0.288. The normalized spacial score (nSPS) is 16.7. The number of nitrogens with one attached hydrogen (secondary N) is 4. The van der Waals surface area contributed by atoms with Gasteiger partial charge in [-0.3, -0.25) is 24.4 Å². The first-order valence-corrected chi connectivity index (χ1v) is 12.3. The lowest BCUT2D eigenvalue weighted by Gasteiger charge is -2.18. The first-order chi connectivity index (χ1) is 18.2. The predicted octanol–water partition coefficient (Wildman–Crippen LogP) is 1.80. The fraction of sp³-hybridized carbons (Fsp3) is 0.240. The molecule has 1 aliphatic heterocycles. The summed E-state index contributed by atoms with van der Waals surface area (Å²) in [5.74, 6) is -0.762. The van der Waals surface area contributed by atoms with E-state index >= 15 is 0 Å². The summed E-state index contributed by atoms with van der Waals surface area (Å²) in [5, 5.41) is 15.2. The van der Waals surface area contributed by atoms with E-state index in [9.17, 15) is 24.3 Å². The Morgan fingerprint density at radius 2 is 1.84 bits per heavy atom. The van der Waals surface area contributed by atoms with Gasteiger partial charge in [0.15, 0.2) is 5.17 Å². The van der Waals surface area contributed by atoms with Crippen molar-refractivity contribution in [3.63, 3.8) is 0 Å². The van der Waals surface area contributed by atoms with Gasteiger partial charge in [-0.2, -0.15) is 0 Å². The number of aromatic nitrogens is 2. The van der Waals surface area contributed by atoms with E-state index in [1.165, 1.54) is 14.2 Å². The molecule has 0 aliphatic carbocycles. The second kappa shape index (κ2) is 11.3. The van der Waals surface area contributed by atoms with Gasteiger partial charge >= 0.3 is 5.69 Å². The fourth-order valence-electron chi connectivity index (χ4n) is 3.82. The summed E-state index contributed by atoms with van der Waals surface area (Å²) >= 11 is 1.01. The Hall–Kier alpha value is -4.52. The second-order valence-electron chi connectivity index (χ2n) is 8.33. The van der Waals surface area contributed by atoms with Crippen LogP contribution in [0.25, 0.3) is 0 Å². The predicted molar refractivity (Wildman–Crippen MR) is 142 cm³/mol. The number of anilines is 1. The lowest BCUT2D eigenvalue weighted by Crippen LogP contribution is -2.29. The molecule has 0 radical (unpaired) electrons. The third kappa shape index (κ3) is 5.89. The van der Waals surface area contributed by atoms with Gasteiger partial charge in [0.05, 0.1) is 14.2 Å². The maximum Gasteiger partial charge on any atom is 0.328 e. The number of hydrogen-bond donors (Lipinski definition) is 5. The van der Waals surface area contributed by atoms with Crippen LogP contribution in [0, 0.1) is 6.92 Å². The van der Waals surface area contributed by atoms with E-state index in [4.69, 9.17) is 9.47 Å². The Labute approximate surface area is 220 Å². The lowest BCUT2D eigenvalue weighted by atomic mass is 9.99. The van der Waals surface area contributed by atoms with Crippen LogP contribution >= 0.6 is 11.8 Å². The summed E-state index contributed by atoms with van der Waals surface area (Å²) in [7, 11) is 2.87. The van der Waals surface area contributed by atoms with Gasteiger partial charge in [-0.1, -0.05) is 29.5 Å². The van der Waals surface area contributed by atoms with Gasteiger partial charge < -0.3 is 25.2 Å². The van der Waals surface area contributed by atoms with Gasteiger partial charge in [-0.15, -0.1) is 0 Å². The number of hydrogen-bond acceptors (Lipinski definition) is 9. The van der Waals surface area contributed by atoms with Crippen molar-refractivity contribution in [1.82, 2.24) is 15.3 Å². The molecule has 198 valence electrons. The molecular formula is C25H25N5O7S. The molecule has 1 saturated heterocycles. The molecule has 2 unspecified atom stereocenters. The van der Waals surface area contributed by atoms with E-state index in [0.29, 0.717) is 22.7 Å². The zero-order valence-corrected chi connectivity index (χ0v) is 21.5.